The first kappa shape index (κ1) is 14.2. The van der Waals surface area contributed by atoms with Crippen LogP contribution in [0.15, 0.2) is 24.3 Å². The van der Waals surface area contributed by atoms with Crippen molar-refractivity contribution in [1.29, 1.82) is 0 Å². The van der Waals surface area contributed by atoms with Gasteiger partial charge in [0.15, 0.2) is 11.5 Å². The summed E-state index contributed by atoms with van der Waals surface area (Å²) in [6, 6.07) is 7.88. The van der Waals surface area contributed by atoms with Crippen LogP contribution in [0.2, 0.25) is 0 Å². The average molecular weight is 289 g/mol. The highest BCUT2D eigenvalue weighted by Gasteiger charge is 2.35. The molecule has 0 saturated heterocycles. The van der Waals surface area contributed by atoms with Gasteiger partial charge in [0.1, 0.15) is 6.10 Å². The third kappa shape index (κ3) is 3.49. The van der Waals surface area contributed by atoms with Crippen molar-refractivity contribution in [1.82, 2.24) is 5.32 Å². The molecule has 1 N–H and O–H groups in total. The summed E-state index contributed by atoms with van der Waals surface area (Å²) in [4.78, 5) is 11.9. The van der Waals surface area contributed by atoms with Gasteiger partial charge in [0.05, 0.1) is 12.6 Å². The fourth-order valence-corrected chi connectivity index (χ4v) is 2.86. The maximum absolute atomic E-state index is 11.9. The van der Waals surface area contributed by atoms with Gasteiger partial charge in [0, 0.05) is 5.92 Å². The van der Waals surface area contributed by atoms with Gasteiger partial charge in [-0.05, 0) is 51.2 Å². The Kier molecular flexibility index (Phi) is 4.32. The zero-order valence-corrected chi connectivity index (χ0v) is 12.5. The molecule has 0 bridgehead atoms. The van der Waals surface area contributed by atoms with Crippen molar-refractivity contribution in [2.24, 2.45) is 5.92 Å². The minimum atomic E-state index is 0.0503. The molecule has 2 fully saturated rings. The molecule has 1 aromatic rings. The average Bonchev–Trinajstić information content (AvgIpc) is 3.25. The Morgan fingerprint density at radius 2 is 1.95 bits per heavy atom. The van der Waals surface area contributed by atoms with Crippen LogP contribution in [0, 0.1) is 5.92 Å². The van der Waals surface area contributed by atoms with Gasteiger partial charge < -0.3 is 14.8 Å². The van der Waals surface area contributed by atoms with Crippen molar-refractivity contribution in [2.75, 3.05) is 6.61 Å². The van der Waals surface area contributed by atoms with Gasteiger partial charge in [-0.1, -0.05) is 12.1 Å². The Labute approximate surface area is 125 Å². The van der Waals surface area contributed by atoms with Gasteiger partial charge in [-0.3, -0.25) is 4.79 Å². The fraction of sp³-hybridized carbons (Fsp3) is 0.588. The molecule has 2 aliphatic rings. The summed E-state index contributed by atoms with van der Waals surface area (Å²) in [6.07, 6.45) is 5.20. The Hall–Kier alpha value is -1.71. The van der Waals surface area contributed by atoms with Crippen LogP contribution in [0.4, 0.5) is 0 Å². The number of nitrogens with one attached hydrogen (secondary N) is 1. The summed E-state index contributed by atoms with van der Waals surface area (Å²) in [5.41, 5.74) is 0. The van der Waals surface area contributed by atoms with E-state index in [4.69, 9.17) is 9.47 Å². The number of ether oxygens (including phenoxy) is 2. The SMILES string of the molecule is CCOc1ccccc1O[C@@H]1CCC[C@H]1NC(=O)C1CC1. The molecule has 3 rings (SSSR count). The molecule has 1 amide bonds. The zero-order chi connectivity index (χ0) is 14.7. The maximum atomic E-state index is 11.9. The normalized spacial score (nSPS) is 24.6. The summed E-state index contributed by atoms with van der Waals surface area (Å²) in [7, 11) is 0. The number of carbonyl (C=O) groups is 1. The van der Waals surface area contributed by atoms with E-state index in [9.17, 15) is 4.79 Å². The molecule has 0 aliphatic heterocycles. The summed E-state index contributed by atoms with van der Waals surface area (Å²) in [6.45, 7) is 2.58. The zero-order valence-electron chi connectivity index (χ0n) is 12.5. The molecule has 4 heteroatoms. The largest absolute Gasteiger partial charge is 0.490 e. The van der Waals surface area contributed by atoms with Crippen molar-refractivity contribution < 1.29 is 14.3 Å². The first-order valence-corrected chi connectivity index (χ1v) is 7.96. The Morgan fingerprint density at radius 3 is 2.67 bits per heavy atom. The lowest BCUT2D eigenvalue weighted by atomic mass is 10.2. The van der Waals surface area contributed by atoms with E-state index >= 15 is 0 Å². The van der Waals surface area contributed by atoms with Crippen LogP contribution in [-0.2, 0) is 4.79 Å². The number of hydrogen-bond acceptors (Lipinski definition) is 3. The maximum Gasteiger partial charge on any atom is 0.223 e. The minimum absolute atomic E-state index is 0.0503. The minimum Gasteiger partial charge on any atom is -0.490 e. The molecule has 2 aliphatic carbocycles. The van der Waals surface area contributed by atoms with Crippen LogP contribution < -0.4 is 14.8 Å². The monoisotopic (exact) mass is 289 g/mol. The fourth-order valence-electron chi connectivity index (χ4n) is 2.86. The van der Waals surface area contributed by atoms with Crippen LogP contribution in [0.25, 0.3) is 0 Å². The van der Waals surface area contributed by atoms with E-state index in [2.05, 4.69) is 5.32 Å². The van der Waals surface area contributed by atoms with Crippen LogP contribution in [0.1, 0.15) is 39.0 Å². The van der Waals surface area contributed by atoms with Gasteiger partial charge in [-0.25, -0.2) is 0 Å². The van der Waals surface area contributed by atoms with Crippen LogP contribution in [0.5, 0.6) is 11.5 Å². The summed E-state index contributed by atoms with van der Waals surface area (Å²) in [5.74, 6) is 2.01. The molecule has 0 radical (unpaired) electrons. The Bertz CT molecular complexity index is 499. The number of hydrogen-bond donors (Lipinski definition) is 1. The van der Waals surface area contributed by atoms with Crippen LogP contribution in [-0.4, -0.2) is 24.7 Å². The molecule has 0 spiro atoms. The van der Waals surface area contributed by atoms with Gasteiger partial charge >= 0.3 is 0 Å². The van der Waals surface area contributed by atoms with E-state index in [1.165, 1.54) is 0 Å². The number of benzene rings is 1. The quantitative estimate of drug-likeness (QED) is 0.876. The molecule has 0 unspecified atom stereocenters. The number of amides is 1. The Morgan fingerprint density at radius 1 is 1.19 bits per heavy atom. The first-order valence-electron chi connectivity index (χ1n) is 7.96. The van der Waals surface area contributed by atoms with Crippen molar-refractivity contribution >= 4 is 5.91 Å². The van der Waals surface area contributed by atoms with E-state index in [0.717, 1.165) is 43.6 Å². The predicted octanol–water partition coefficient (Wildman–Crippen LogP) is 2.91. The molecular weight excluding hydrogens is 266 g/mol. The first-order chi connectivity index (χ1) is 10.3. The molecule has 4 nitrogen and oxygen atoms in total. The lowest BCUT2D eigenvalue weighted by Gasteiger charge is -2.23. The lowest BCUT2D eigenvalue weighted by Crippen LogP contribution is -2.43. The third-order valence-electron chi connectivity index (χ3n) is 4.16. The molecule has 2 saturated carbocycles. The van der Waals surface area contributed by atoms with Crippen molar-refractivity contribution in [2.45, 2.75) is 51.2 Å². The predicted molar refractivity (Wildman–Crippen MR) is 80.5 cm³/mol. The topological polar surface area (TPSA) is 47.6 Å². The highest BCUT2D eigenvalue weighted by Crippen LogP contribution is 2.33. The summed E-state index contributed by atoms with van der Waals surface area (Å²) >= 11 is 0. The molecule has 0 heterocycles. The third-order valence-corrected chi connectivity index (χ3v) is 4.16. The lowest BCUT2D eigenvalue weighted by molar-refractivity contribution is -0.123. The number of para-hydroxylation sites is 2. The second kappa shape index (κ2) is 6.37. The summed E-state index contributed by atoms with van der Waals surface area (Å²) < 4.78 is 11.7. The van der Waals surface area contributed by atoms with E-state index in [1.54, 1.807) is 0 Å². The molecule has 0 aromatic heterocycles. The van der Waals surface area contributed by atoms with Gasteiger partial charge in [-0.15, -0.1) is 0 Å². The summed E-state index contributed by atoms with van der Waals surface area (Å²) in [5, 5.41) is 3.16. The highest BCUT2D eigenvalue weighted by atomic mass is 16.5. The number of carbonyl (C=O) groups excluding carboxylic acids is 1. The number of rotatable bonds is 6. The van der Waals surface area contributed by atoms with Crippen molar-refractivity contribution in [3.63, 3.8) is 0 Å². The van der Waals surface area contributed by atoms with E-state index in [1.807, 2.05) is 31.2 Å². The smallest absolute Gasteiger partial charge is 0.223 e. The Balaban J connectivity index is 1.64. The van der Waals surface area contributed by atoms with Crippen molar-refractivity contribution in [3.05, 3.63) is 24.3 Å². The van der Waals surface area contributed by atoms with Gasteiger partial charge in [0.2, 0.25) is 5.91 Å². The standard InChI is InChI=1S/C17H23NO3/c1-2-20-15-7-3-4-8-16(15)21-14-9-5-6-13(14)18-17(19)12-10-11-12/h3-4,7-8,12-14H,2,5-6,9-11H2,1H3,(H,18,19)/t13-,14-/m1/s1. The second-order valence-corrected chi connectivity index (χ2v) is 5.86. The molecule has 1 aromatic carbocycles. The van der Waals surface area contributed by atoms with E-state index < -0.39 is 0 Å². The van der Waals surface area contributed by atoms with Crippen LogP contribution in [0.3, 0.4) is 0 Å². The molecule has 21 heavy (non-hydrogen) atoms. The second-order valence-electron chi connectivity index (χ2n) is 5.86. The highest BCUT2D eigenvalue weighted by molar-refractivity contribution is 5.81. The van der Waals surface area contributed by atoms with E-state index in [-0.39, 0.29) is 24.0 Å². The van der Waals surface area contributed by atoms with Gasteiger partial charge in [-0.2, -0.15) is 0 Å². The van der Waals surface area contributed by atoms with Crippen LogP contribution >= 0.6 is 0 Å². The molecule has 114 valence electrons. The molecule has 2 atom stereocenters. The van der Waals surface area contributed by atoms with E-state index in [0.29, 0.717) is 6.61 Å². The van der Waals surface area contributed by atoms with Gasteiger partial charge in [0.25, 0.3) is 0 Å². The van der Waals surface area contributed by atoms with Crippen molar-refractivity contribution in [3.8, 4) is 11.5 Å². The molecular formula is C17H23NO3.